The van der Waals surface area contributed by atoms with Crippen molar-refractivity contribution in [3.05, 3.63) is 37.0 Å². The Balaban J connectivity index is 3.09. The summed E-state index contributed by atoms with van der Waals surface area (Å²) in [5.74, 6) is 0. The van der Waals surface area contributed by atoms with Gasteiger partial charge < -0.3 is 0 Å². The van der Waals surface area contributed by atoms with Gasteiger partial charge in [-0.15, -0.1) is 11.8 Å². The van der Waals surface area contributed by atoms with Crippen LogP contribution in [0.5, 0.6) is 0 Å². The van der Waals surface area contributed by atoms with E-state index < -0.39 is 0 Å². The van der Waals surface area contributed by atoms with Crippen molar-refractivity contribution >= 4 is 61.8 Å². The molecule has 88 valence electrons. The van der Waals surface area contributed by atoms with E-state index in [1.165, 1.54) is 17.6 Å². The van der Waals surface area contributed by atoms with Gasteiger partial charge in [0.25, 0.3) is 0 Å². The quantitative estimate of drug-likeness (QED) is 0.502. The summed E-state index contributed by atoms with van der Waals surface area (Å²) < 4.78 is 1.33. The monoisotopic (exact) mass is 458 g/mol. The van der Waals surface area contributed by atoms with Crippen molar-refractivity contribution in [1.29, 1.82) is 0 Å². The van der Waals surface area contributed by atoms with E-state index >= 15 is 0 Å². The van der Waals surface area contributed by atoms with Gasteiger partial charge in [0.1, 0.15) is 0 Å². The molecule has 0 aliphatic heterocycles. The zero-order chi connectivity index (χ0) is 12.3. The highest BCUT2D eigenvalue weighted by Crippen LogP contribution is 2.36. The third kappa shape index (κ3) is 3.91. The van der Waals surface area contributed by atoms with Gasteiger partial charge in [-0.25, -0.2) is 0 Å². The first-order valence-electron chi connectivity index (χ1n) is 5.06. The van der Waals surface area contributed by atoms with Crippen LogP contribution in [-0.2, 0) is 5.41 Å². The number of hydrogen-bond acceptors (Lipinski definition) is 1. The Morgan fingerprint density at radius 2 is 1.56 bits per heavy atom. The first kappa shape index (κ1) is 14.8. The second-order valence-electron chi connectivity index (χ2n) is 4.62. The van der Waals surface area contributed by atoms with Crippen molar-refractivity contribution in [3.63, 3.8) is 0 Å². The lowest BCUT2D eigenvalue weighted by Gasteiger charge is -2.19. The van der Waals surface area contributed by atoms with Crippen LogP contribution in [0.2, 0.25) is 0 Å². The molecule has 3 heteroatoms. The molecule has 0 atom stereocenters. The van der Waals surface area contributed by atoms with E-state index in [2.05, 4.69) is 96.5 Å². The Labute approximate surface area is 130 Å². The zero-order valence-electron chi connectivity index (χ0n) is 9.97. The highest BCUT2D eigenvalue weighted by molar-refractivity contribution is 14.2. The number of rotatable bonds is 2. The molecule has 0 N–H and O–H groups in total. The summed E-state index contributed by atoms with van der Waals surface area (Å²) in [7, 11) is 0. The summed E-state index contributed by atoms with van der Waals surface area (Å²) in [6.45, 7) is 6.74. The van der Waals surface area contributed by atoms with Gasteiger partial charge in [0.15, 0.2) is 0 Å². The van der Waals surface area contributed by atoms with E-state index in [-0.39, 0.29) is 5.41 Å². The minimum Gasteiger partial charge on any atom is -0.127 e. The maximum absolute atomic E-state index is 2.38. The molecule has 0 nitrogen and oxygen atoms in total. The number of hydrogen-bond donors (Lipinski definition) is 0. The molecule has 1 rings (SSSR count). The standard InChI is InChI=1S/C13H16I2S/c1-13(2,3)10-7-5-9(6-8-10)11(16-4)12(14)15/h5-8H,1-4H3. The molecule has 0 heterocycles. The second-order valence-corrected chi connectivity index (χ2v) is 9.66. The average Bonchev–Trinajstić information content (AvgIpc) is 2.17. The summed E-state index contributed by atoms with van der Waals surface area (Å²) in [6, 6.07) is 8.93. The van der Waals surface area contributed by atoms with Crippen molar-refractivity contribution in [2.75, 3.05) is 6.26 Å². The van der Waals surface area contributed by atoms with Gasteiger partial charge in [-0.05, 0) is 68.0 Å². The maximum Gasteiger partial charge on any atom is 0.0655 e. The van der Waals surface area contributed by atoms with Gasteiger partial charge in [0, 0.05) is 4.91 Å². The van der Waals surface area contributed by atoms with E-state index in [4.69, 9.17) is 0 Å². The molecule has 0 unspecified atom stereocenters. The average molecular weight is 458 g/mol. The largest absolute Gasteiger partial charge is 0.127 e. The normalized spacial score (nSPS) is 11.4. The summed E-state index contributed by atoms with van der Waals surface area (Å²) in [5, 5.41) is 0. The third-order valence-electron chi connectivity index (χ3n) is 2.39. The smallest absolute Gasteiger partial charge is 0.0655 e. The second kappa shape index (κ2) is 6.09. The highest BCUT2D eigenvalue weighted by Gasteiger charge is 2.13. The van der Waals surface area contributed by atoms with Gasteiger partial charge in [0.05, 0.1) is 1.59 Å². The number of benzene rings is 1. The molecular weight excluding hydrogens is 442 g/mol. The lowest BCUT2D eigenvalue weighted by molar-refractivity contribution is 0.590. The molecule has 16 heavy (non-hydrogen) atoms. The molecule has 0 aromatic heterocycles. The van der Waals surface area contributed by atoms with E-state index in [9.17, 15) is 0 Å². The SMILES string of the molecule is CSC(=C(I)I)c1ccc(C(C)(C)C)cc1. The van der Waals surface area contributed by atoms with Crippen LogP contribution in [0.4, 0.5) is 0 Å². The molecule has 0 aliphatic rings. The van der Waals surface area contributed by atoms with Gasteiger partial charge in [-0.1, -0.05) is 45.0 Å². The van der Waals surface area contributed by atoms with Crippen LogP contribution in [-0.4, -0.2) is 6.26 Å². The summed E-state index contributed by atoms with van der Waals surface area (Å²) in [5.41, 5.74) is 2.94. The minimum atomic E-state index is 0.235. The fourth-order valence-corrected chi connectivity index (χ4v) is 3.90. The van der Waals surface area contributed by atoms with Gasteiger partial charge in [-0.2, -0.15) is 0 Å². The van der Waals surface area contributed by atoms with E-state index in [0.29, 0.717) is 0 Å². The Hall–Kier alpha value is 0.770. The Morgan fingerprint density at radius 3 is 1.88 bits per heavy atom. The fraction of sp³-hybridized carbons (Fsp3) is 0.385. The Bertz CT molecular complexity index is 381. The first-order valence-corrected chi connectivity index (χ1v) is 8.44. The molecule has 0 saturated carbocycles. The van der Waals surface area contributed by atoms with Gasteiger partial charge in [-0.3, -0.25) is 0 Å². The third-order valence-corrected chi connectivity index (χ3v) is 5.05. The van der Waals surface area contributed by atoms with Crippen LogP contribution in [0, 0.1) is 0 Å². The summed E-state index contributed by atoms with van der Waals surface area (Å²) in [6.07, 6.45) is 2.13. The molecule has 0 radical (unpaired) electrons. The molecular formula is C13H16I2S. The number of halogens is 2. The Kier molecular flexibility index (Phi) is 5.64. The molecule has 1 aromatic rings. The molecule has 0 amide bonds. The van der Waals surface area contributed by atoms with Crippen molar-refractivity contribution in [2.45, 2.75) is 26.2 Å². The van der Waals surface area contributed by atoms with Crippen LogP contribution in [0.1, 0.15) is 31.9 Å². The molecule has 0 saturated heterocycles. The van der Waals surface area contributed by atoms with Gasteiger partial charge in [0.2, 0.25) is 0 Å². The minimum absolute atomic E-state index is 0.235. The predicted octanol–water partition coefficient (Wildman–Crippen LogP) is 5.84. The topological polar surface area (TPSA) is 0 Å². The van der Waals surface area contributed by atoms with Crippen molar-refractivity contribution in [3.8, 4) is 0 Å². The number of thioether (sulfide) groups is 1. The molecule has 1 aromatic carbocycles. The zero-order valence-corrected chi connectivity index (χ0v) is 15.1. The van der Waals surface area contributed by atoms with Crippen molar-refractivity contribution in [1.82, 2.24) is 0 Å². The van der Waals surface area contributed by atoms with E-state index in [1.54, 1.807) is 0 Å². The summed E-state index contributed by atoms with van der Waals surface area (Å²) >= 11 is 6.57. The van der Waals surface area contributed by atoms with E-state index in [0.717, 1.165) is 0 Å². The van der Waals surface area contributed by atoms with Crippen LogP contribution in [0.3, 0.4) is 0 Å². The van der Waals surface area contributed by atoms with Crippen molar-refractivity contribution < 1.29 is 0 Å². The molecule has 0 bridgehead atoms. The van der Waals surface area contributed by atoms with Crippen molar-refractivity contribution in [2.24, 2.45) is 0 Å². The highest BCUT2D eigenvalue weighted by atomic mass is 127. The predicted molar refractivity (Wildman–Crippen MR) is 93.6 cm³/mol. The van der Waals surface area contributed by atoms with Gasteiger partial charge >= 0.3 is 0 Å². The first-order chi connectivity index (χ1) is 7.36. The van der Waals surface area contributed by atoms with E-state index in [1.807, 2.05) is 11.8 Å². The molecule has 0 spiro atoms. The fourth-order valence-electron chi connectivity index (χ4n) is 1.43. The summed E-state index contributed by atoms with van der Waals surface area (Å²) in [4.78, 5) is 1.36. The molecule has 0 aliphatic carbocycles. The van der Waals surface area contributed by atoms with Crippen LogP contribution in [0.25, 0.3) is 4.91 Å². The van der Waals surface area contributed by atoms with Crippen LogP contribution < -0.4 is 0 Å². The maximum atomic E-state index is 2.38. The molecule has 0 fully saturated rings. The lowest BCUT2D eigenvalue weighted by Crippen LogP contribution is -2.10. The Morgan fingerprint density at radius 1 is 1.06 bits per heavy atom. The van der Waals surface area contributed by atoms with Crippen LogP contribution >= 0.6 is 56.9 Å². The van der Waals surface area contributed by atoms with Crippen LogP contribution in [0.15, 0.2) is 25.9 Å². The lowest BCUT2D eigenvalue weighted by atomic mass is 9.87.